The highest BCUT2D eigenvalue weighted by molar-refractivity contribution is 5.80. The highest BCUT2D eigenvalue weighted by atomic mass is 19.1. The van der Waals surface area contributed by atoms with Gasteiger partial charge in [0.15, 0.2) is 17.6 Å². The van der Waals surface area contributed by atoms with E-state index in [1.165, 1.54) is 6.07 Å². The lowest BCUT2D eigenvalue weighted by atomic mass is 10.1. The van der Waals surface area contributed by atoms with Crippen LogP contribution in [0.15, 0.2) is 23.3 Å². The molecule has 23 heavy (non-hydrogen) atoms. The Bertz CT molecular complexity index is 517. The van der Waals surface area contributed by atoms with Gasteiger partial charge < -0.3 is 15.5 Å². The van der Waals surface area contributed by atoms with Gasteiger partial charge in [-0.15, -0.1) is 0 Å². The summed E-state index contributed by atoms with van der Waals surface area (Å²) in [6.45, 7) is 9.65. The van der Waals surface area contributed by atoms with Crippen LogP contribution in [0.1, 0.15) is 33.6 Å². The maximum Gasteiger partial charge on any atom is 0.191 e. The molecule has 1 unspecified atom stereocenters. The number of aromatic nitrogens is 1. The fraction of sp³-hybridized carbons (Fsp3) is 0.647. The molecule has 1 aliphatic heterocycles. The van der Waals surface area contributed by atoms with E-state index in [4.69, 9.17) is 0 Å². The summed E-state index contributed by atoms with van der Waals surface area (Å²) in [4.78, 5) is 10.8. The van der Waals surface area contributed by atoms with E-state index >= 15 is 0 Å². The molecule has 5 nitrogen and oxygen atoms in total. The Kier molecular flexibility index (Phi) is 6.62. The van der Waals surface area contributed by atoms with Crippen LogP contribution in [0, 0.1) is 11.7 Å². The third-order valence-corrected chi connectivity index (χ3v) is 3.89. The van der Waals surface area contributed by atoms with Gasteiger partial charge in [-0.3, -0.25) is 4.99 Å². The zero-order valence-corrected chi connectivity index (χ0v) is 14.3. The maximum absolute atomic E-state index is 13.8. The first-order valence-corrected chi connectivity index (χ1v) is 8.50. The monoisotopic (exact) mass is 321 g/mol. The topological polar surface area (TPSA) is 52.6 Å². The maximum atomic E-state index is 13.8. The van der Waals surface area contributed by atoms with Crippen LogP contribution in [-0.4, -0.2) is 43.2 Å². The summed E-state index contributed by atoms with van der Waals surface area (Å²) in [6, 6.07) is 3.34. The zero-order chi connectivity index (χ0) is 16.7. The van der Waals surface area contributed by atoms with E-state index < -0.39 is 0 Å². The number of nitrogens with one attached hydrogen (secondary N) is 2. The first-order chi connectivity index (χ1) is 11.1. The molecule has 0 bridgehead atoms. The van der Waals surface area contributed by atoms with Gasteiger partial charge in [-0.2, -0.15) is 0 Å². The van der Waals surface area contributed by atoms with Crippen molar-refractivity contribution in [2.24, 2.45) is 10.9 Å². The fourth-order valence-corrected chi connectivity index (χ4v) is 2.63. The second-order valence-corrected chi connectivity index (χ2v) is 6.33. The summed E-state index contributed by atoms with van der Waals surface area (Å²) >= 11 is 0. The number of rotatable bonds is 6. The van der Waals surface area contributed by atoms with Crippen LogP contribution in [0.3, 0.4) is 0 Å². The zero-order valence-electron chi connectivity index (χ0n) is 14.3. The summed E-state index contributed by atoms with van der Waals surface area (Å²) in [7, 11) is 0. The Morgan fingerprint density at radius 3 is 3.04 bits per heavy atom. The number of halogens is 1. The van der Waals surface area contributed by atoms with Crippen LogP contribution in [0.4, 0.5) is 10.2 Å². The Morgan fingerprint density at radius 2 is 2.35 bits per heavy atom. The minimum atomic E-state index is -0.259. The molecule has 1 saturated heterocycles. The molecule has 0 amide bonds. The van der Waals surface area contributed by atoms with Gasteiger partial charge in [-0.05, 0) is 37.8 Å². The molecule has 0 spiro atoms. The molecule has 1 aromatic rings. The summed E-state index contributed by atoms with van der Waals surface area (Å²) in [6.07, 6.45) is 3.66. The molecule has 128 valence electrons. The standard InChI is InChI=1S/C17H28FN5/c1-4-19-17(21-10-7-13(2)3)22-14-8-11-23(12-14)16-15(18)6-5-9-20-16/h5-6,9,13-14H,4,7-8,10-12H2,1-3H3,(H2,19,21,22). The van der Waals surface area contributed by atoms with E-state index in [1.54, 1.807) is 12.3 Å². The number of nitrogens with zero attached hydrogens (tertiary/aromatic N) is 3. The lowest BCUT2D eigenvalue weighted by molar-refractivity contribution is 0.589. The molecule has 1 fully saturated rings. The predicted molar refractivity (Wildman–Crippen MR) is 93.4 cm³/mol. The number of pyridine rings is 1. The van der Waals surface area contributed by atoms with Gasteiger partial charge in [0.2, 0.25) is 0 Å². The van der Waals surface area contributed by atoms with Crippen LogP contribution >= 0.6 is 0 Å². The average Bonchev–Trinajstić information content (AvgIpc) is 2.96. The van der Waals surface area contributed by atoms with Crippen molar-refractivity contribution in [3.8, 4) is 0 Å². The quantitative estimate of drug-likeness (QED) is 0.624. The van der Waals surface area contributed by atoms with Gasteiger partial charge >= 0.3 is 0 Å². The van der Waals surface area contributed by atoms with Crippen molar-refractivity contribution in [3.05, 3.63) is 24.1 Å². The average molecular weight is 321 g/mol. The number of hydrogen-bond acceptors (Lipinski definition) is 3. The molecule has 2 heterocycles. The predicted octanol–water partition coefficient (Wildman–Crippen LogP) is 2.40. The van der Waals surface area contributed by atoms with Crippen molar-refractivity contribution >= 4 is 11.8 Å². The van der Waals surface area contributed by atoms with Gasteiger partial charge in [0.25, 0.3) is 0 Å². The van der Waals surface area contributed by atoms with Crippen molar-refractivity contribution < 1.29 is 4.39 Å². The highest BCUT2D eigenvalue weighted by Crippen LogP contribution is 2.20. The highest BCUT2D eigenvalue weighted by Gasteiger charge is 2.25. The lowest BCUT2D eigenvalue weighted by Gasteiger charge is -2.20. The number of aliphatic imine (C=N–C) groups is 1. The normalized spacial score (nSPS) is 18.6. The molecule has 1 aliphatic rings. The molecule has 0 radical (unpaired) electrons. The van der Waals surface area contributed by atoms with Gasteiger partial charge in [-0.25, -0.2) is 9.37 Å². The molecule has 0 saturated carbocycles. The van der Waals surface area contributed by atoms with Crippen molar-refractivity contribution in [3.63, 3.8) is 0 Å². The first-order valence-electron chi connectivity index (χ1n) is 8.50. The summed E-state index contributed by atoms with van der Waals surface area (Å²) in [5.74, 6) is 1.68. The van der Waals surface area contributed by atoms with E-state index in [9.17, 15) is 4.39 Å². The van der Waals surface area contributed by atoms with E-state index in [2.05, 4.69) is 41.4 Å². The Balaban J connectivity index is 1.91. The van der Waals surface area contributed by atoms with Crippen LogP contribution in [0.25, 0.3) is 0 Å². The summed E-state index contributed by atoms with van der Waals surface area (Å²) in [5, 5.41) is 6.74. The molecular weight excluding hydrogens is 293 g/mol. The largest absolute Gasteiger partial charge is 0.357 e. The van der Waals surface area contributed by atoms with Crippen molar-refractivity contribution in [2.75, 3.05) is 31.1 Å². The molecular formula is C17H28FN5. The third-order valence-electron chi connectivity index (χ3n) is 3.89. The second-order valence-electron chi connectivity index (χ2n) is 6.33. The van der Waals surface area contributed by atoms with Crippen LogP contribution < -0.4 is 15.5 Å². The smallest absolute Gasteiger partial charge is 0.191 e. The number of hydrogen-bond donors (Lipinski definition) is 2. The van der Waals surface area contributed by atoms with Crippen LogP contribution in [-0.2, 0) is 0 Å². The summed E-state index contributed by atoms with van der Waals surface area (Å²) in [5.41, 5.74) is 0. The molecule has 6 heteroatoms. The van der Waals surface area contributed by atoms with Crippen LogP contribution in [0.2, 0.25) is 0 Å². The van der Waals surface area contributed by atoms with E-state index in [0.29, 0.717) is 11.7 Å². The first kappa shape index (κ1) is 17.5. The Labute approximate surface area is 138 Å². The molecule has 2 N–H and O–H groups in total. The van der Waals surface area contributed by atoms with Crippen molar-refractivity contribution in [1.29, 1.82) is 0 Å². The SMILES string of the molecule is CCNC(=NCCC(C)C)NC1CCN(c2ncccc2F)C1. The minimum Gasteiger partial charge on any atom is -0.357 e. The Hall–Kier alpha value is -1.85. The summed E-state index contributed by atoms with van der Waals surface area (Å²) < 4.78 is 13.8. The lowest BCUT2D eigenvalue weighted by Crippen LogP contribution is -2.44. The van der Waals surface area contributed by atoms with Crippen molar-refractivity contribution in [1.82, 2.24) is 15.6 Å². The molecule has 1 aromatic heterocycles. The fourth-order valence-electron chi connectivity index (χ4n) is 2.63. The minimum absolute atomic E-state index is 0.258. The number of guanidine groups is 1. The van der Waals surface area contributed by atoms with Gasteiger partial charge in [0.05, 0.1) is 0 Å². The van der Waals surface area contributed by atoms with Gasteiger partial charge in [0.1, 0.15) is 0 Å². The van der Waals surface area contributed by atoms with Gasteiger partial charge in [-0.1, -0.05) is 13.8 Å². The molecule has 0 aromatic carbocycles. The Morgan fingerprint density at radius 1 is 1.52 bits per heavy atom. The third kappa shape index (κ3) is 5.37. The van der Waals surface area contributed by atoms with E-state index in [0.717, 1.165) is 45.0 Å². The molecule has 2 rings (SSSR count). The van der Waals surface area contributed by atoms with Crippen LogP contribution in [0.5, 0.6) is 0 Å². The second kappa shape index (κ2) is 8.70. The molecule has 0 aliphatic carbocycles. The number of anilines is 1. The van der Waals surface area contributed by atoms with Gasteiger partial charge in [0, 0.05) is 38.4 Å². The van der Waals surface area contributed by atoms with E-state index in [1.807, 2.05) is 4.90 Å². The molecule has 1 atom stereocenters. The van der Waals surface area contributed by atoms with E-state index in [-0.39, 0.29) is 11.9 Å². The van der Waals surface area contributed by atoms with Crippen molar-refractivity contribution in [2.45, 2.75) is 39.7 Å².